The Hall–Kier alpha value is -2.24. The van der Waals surface area contributed by atoms with Crippen LogP contribution in [-0.2, 0) is 4.74 Å². The third-order valence-electron chi connectivity index (χ3n) is 5.94. The molecule has 2 atom stereocenters. The molecule has 1 fully saturated rings. The van der Waals surface area contributed by atoms with Crippen molar-refractivity contribution in [3.8, 4) is 5.69 Å². The standard InChI is InChI=1S/C24H27BrF2N6O.2ClH/c1-15-22(25)23(33(31-15)17-6-4-3-5-7-17)30-24(28)29-21-14-32(10-11-34-2)13-18(21)16-8-9-19(26)20(27)12-16;;/h3-9,12,18,21H,10-11,13-14H2,1-2H3,(H3,28,29,30);2*1H/t18-,21+;;/m0../s1. The molecule has 36 heavy (non-hydrogen) atoms. The zero-order valence-electron chi connectivity index (χ0n) is 19.8. The van der Waals surface area contributed by atoms with E-state index in [1.807, 2.05) is 37.3 Å². The number of aromatic nitrogens is 2. The fraction of sp³-hybridized carbons (Fsp3) is 0.333. The first-order valence-corrected chi connectivity index (χ1v) is 11.8. The van der Waals surface area contributed by atoms with Gasteiger partial charge < -0.3 is 15.4 Å². The molecule has 4 rings (SSSR count). The molecule has 0 bridgehead atoms. The average molecular weight is 606 g/mol. The Balaban J connectivity index is 0.00000228. The van der Waals surface area contributed by atoms with Crippen LogP contribution in [0, 0.1) is 24.0 Å². The monoisotopic (exact) mass is 604 g/mol. The summed E-state index contributed by atoms with van der Waals surface area (Å²) in [5.74, 6) is -1.15. The number of nitrogens with zero attached hydrogens (tertiary/aromatic N) is 3. The van der Waals surface area contributed by atoms with Crippen molar-refractivity contribution in [2.24, 2.45) is 0 Å². The van der Waals surface area contributed by atoms with Crippen molar-refractivity contribution in [1.29, 1.82) is 5.41 Å². The van der Waals surface area contributed by atoms with E-state index < -0.39 is 11.6 Å². The molecule has 3 aromatic rings. The number of benzene rings is 2. The lowest BCUT2D eigenvalue weighted by Gasteiger charge is -2.22. The van der Waals surface area contributed by atoms with Gasteiger partial charge in [-0.05, 0) is 52.7 Å². The molecule has 0 radical (unpaired) electrons. The highest BCUT2D eigenvalue weighted by atomic mass is 79.9. The lowest BCUT2D eigenvalue weighted by molar-refractivity contribution is 0.159. The van der Waals surface area contributed by atoms with Gasteiger partial charge in [0.15, 0.2) is 23.4 Å². The molecule has 0 saturated carbocycles. The topological polar surface area (TPSA) is 78.2 Å². The predicted octanol–water partition coefficient (Wildman–Crippen LogP) is 5.12. The summed E-state index contributed by atoms with van der Waals surface area (Å²) < 4.78 is 35.2. The van der Waals surface area contributed by atoms with Crippen LogP contribution in [0.3, 0.4) is 0 Å². The van der Waals surface area contributed by atoms with Crippen molar-refractivity contribution in [2.45, 2.75) is 18.9 Å². The van der Waals surface area contributed by atoms with Gasteiger partial charge in [0.1, 0.15) is 0 Å². The minimum atomic E-state index is -0.869. The highest BCUT2D eigenvalue weighted by Crippen LogP contribution is 2.30. The predicted molar refractivity (Wildman–Crippen MR) is 146 cm³/mol. The van der Waals surface area contributed by atoms with Crippen LogP contribution in [0.2, 0.25) is 0 Å². The molecule has 1 aliphatic heterocycles. The molecule has 12 heteroatoms. The number of hydrogen-bond acceptors (Lipinski definition) is 4. The third-order valence-corrected chi connectivity index (χ3v) is 6.89. The summed E-state index contributed by atoms with van der Waals surface area (Å²) in [6, 6.07) is 13.5. The van der Waals surface area contributed by atoms with Gasteiger partial charge in [0.25, 0.3) is 0 Å². The molecule has 0 amide bonds. The number of para-hydroxylation sites is 1. The zero-order valence-corrected chi connectivity index (χ0v) is 23.0. The molecule has 0 unspecified atom stereocenters. The molecule has 2 heterocycles. The third kappa shape index (κ3) is 6.74. The van der Waals surface area contributed by atoms with Crippen molar-refractivity contribution >= 4 is 52.5 Å². The van der Waals surface area contributed by atoms with E-state index in [1.165, 1.54) is 6.07 Å². The van der Waals surface area contributed by atoms with Gasteiger partial charge in [-0.3, -0.25) is 10.3 Å². The Kier molecular flexibility index (Phi) is 11.1. The first-order chi connectivity index (χ1) is 16.4. The summed E-state index contributed by atoms with van der Waals surface area (Å²) in [7, 11) is 1.65. The second kappa shape index (κ2) is 13.3. The van der Waals surface area contributed by atoms with E-state index in [9.17, 15) is 8.78 Å². The smallest absolute Gasteiger partial charge is 0.194 e. The molecule has 196 valence electrons. The van der Waals surface area contributed by atoms with Gasteiger partial charge in [-0.25, -0.2) is 13.5 Å². The minimum absolute atomic E-state index is 0. The molecule has 1 saturated heterocycles. The van der Waals surface area contributed by atoms with E-state index in [0.717, 1.165) is 21.9 Å². The van der Waals surface area contributed by atoms with E-state index in [1.54, 1.807) is 17.9 Å². The molecule has 1 aromatic heterocycles. The fourth-order valence-electron chi connectivity index (χ4n) is 4.23. The summed E-state index contributed by atoms with van der Waals surface area (Å²) in [6.07, 6.45) is 0. The van der Waals surface area contributed by atoms with Crippen LogP contribution in [0.1, 0.15) is 17.2 Å². The molecule has 3 N–H and O–H groups in total. The fourth-order valence-corrected chi connectivity index (χ4v) is 4.57. The summed E-state index contributed by atoms with van der Waals surface area (Å²) in [6.45, 7) is 4.44. The second-order valence-electron chi connectivity index (χ2n) is 8.28. The second-order valence-corrected chi connectivity index (χ2v) is 9.07. The van der Waals surface area contributed by atoms with Crippen LogP contribution < -0.4 is 10.6 Å². The average Bonchev–Trinajstić information content (AvgIpc) is 3.35. The van der Waals surface area contributed by atoms with Gasteiger partial charge in [-0.2, -0.15) is 5.10 Å². The van der Waals surface area contributed by atoms with Crippen LogP contribution in [0.25, 0.3) is 5.69 Å². The van der Waals surface area contributed by atoms with Crippen LogP contribution in [0.15, 0.2) is 53.0 Å². The number of halogens is 5. The van der Waals surface area contributed by atoms with Crippen LogP contribution in [-0.4, -0.2) is 60.0 Å². The van der Waals surface area contributed by atoms with Gasteiger partial charge >= 0.3 is 0 Å². The first-order valence-electron chi connectivity index (χ1n) is 11.0. The van der Waals surface area contributed by atoms with Crippen molar-refractivity contribution in [3.63, 3.8) is 0 Å². The molecule has 0 aliphatic carbocycles. The maximum atomic E-state index is 14.0. The molecule has 1 aliphatic rings. The Morgan fingerprint density at radius 2 is 1.86 bits per heavy atom. The normalized spacial score (nSPS) is 17.2. The Bertz CT molecular complexity index is 1170. The largest absolute Gasteiger partial charge is 0.383 e. The Labute approximate surface area is 230 Å². The number of methoxy groups -OCH3 is 1. The quantitative estimate of drug-likeness (QED) is 0.258. The molecule has 7 nitrogen and oxygen atoms in total. The van der Waals surface area contributed by atoms with Crippen molar-refractivity contribution in [1.82, 2.24) is 20.0 Å². The summed E-state index contributed by atoms with van der Waals surface area (Å²) in [5.41, 5.74) is 2.33. The summed E-state index contributed by atoms with van der Waals surface area (Å²) in [5, 5.41) is 19.6. The Morgan fingerprint density at radius 3 is 2.53 bits per heavy atom. The minimum Gasteiger partial charge on any atom is -0.383 e. The van der Waals surface area contributed by atoms with Crippen LogP contribution in [0.4, 0.5) is 14.6 Å². The maximum absolute atomic E-state index is 14.0. The van der Waals surface area contributed by atoms with Gasteiger partial charge in [-0.1, -0.05) is 24.3 Å². The number of ether oxygens (including phenoxy) is 1. The van der Waals surface area contributed by atoms with Gasteiger partial charge in [0.2, 0.25) is 0 Å². The van der Waals surface area contributed by atoms with Crippen molar-refractivity contribution < 1.29 is 13.5 Å². The number of anilines is 1. The lowest BCUT2D eigenvalue weighted by Crippen LogP contribution is -2.43. The van der Waals surface area contributed by atoms with Crippen LogP contribution >= 0.6 is 40.7 Å². The number of hydrogen-bond donors (Lipinski definition) is 3. The van der Waals surface area contributed by atoms with E-state index in [-0.39, 0.29) is 42.7 Å². The molecular weight excluding hydrogens is 577 g/mol. The zero-order chi connectivity index (χ0) is 24.2. The lowest BCUT2D eigenvalue weighted by atomic mass is 9.94. The van der Waals surface area contributed by atoms with E-state index >= 15 is 0 Å². The Morgan fingerprint density at radius 1 is 1.14 bits per heavy atom. The van der Waals surface area contributed by atoms with Gasteiger partial charge in [0.05, 0.1) is 22.5 Å². The number of guanidine groups is 1. The highest BCUT2D eigenvalue weighted by molar-refractivity contribution is 9.10. The molecule has 0 spiro atoms. The summed E-state index contributed by atoms with van der Waals surface area (Å²) in [4.78, 5) is 2.19. The van der Waals surface area contributed by atoms with E-state index in [4.69, 9.17) is 10.1 Å². The van der Waals surface area contributed by atoms with Crippen molar-refractivity contribution in [2.75, 3.05) is 38.7 Å². The number of rotatable bonds is 7. The molecular formula is C24H29BrCl2F2N6O. The van der Waals surface area contributed by atoms with Crippen LogP contribution in [0.5, 0.6) is 0 Å². The maximum Gasteiger partial charge on any atom is 0.194 e. The van der Waals surface area contributed by atoms with E-state index in [0.29, 0.717) is 37.6 Å². The SMILES string of the molecule is COCCN1C[C@@H](NC(=N)Nc2c(Br)c(C)nn2-c2ccccc2)[C@H](c2ccc(F)c(F)c2)C1.Cl.Cl. The number of nitrogens with one attached hydrogen (secondary N) is 3. The van der Waals surface area contributed by atoms with E-state index in [2.05, 4.69) is 36.6 Å². The molecule has 2 aromatic carbocycles. The van der Waals surface area contributed by atoms with Gasteiger partial charge in [0, 0.05) is 38.7 Å². The highest BCUT2D eigenvalue weighted by Gasteiger charge is 2.34. The number of likely N-dealkylation sites (tertiary alicyclic amines) is 1. The first kappa shape index (κ1) is 30.0. The van der Waals surface area contributed by atoms with Gasteiger partial charge in [-0.15, -0.1) is 24.8 Å². The summed E-state index contributed by atoms with van der Waals surface area (Å²) >= 11 is 3.57. The van der Waals surface area contributed by atoms with Crippen molar-refractivity contribution in [3.05, 3.63) is 75.9 Å². The number of aryl methyl sites for hydroxylation is 1.